The molecule has 1 aliphatic rings. The fourth-order valence-electron chi connectivity index (χ4n) is 1.05. The van der Waals surface area contributed by atoms with Crippen LogP contribution in [0, 0.1) is 10.8 Å². The number of hydrogen-bond acceptors (Lipinski definition) is 2. The Labute approximate surface area is 85.0 Å². The van der Waals surface area contributed by atoms with E-state index < -0.39 is 0 Å². The largest absolute Gasteiger partial charge is 0.342 e. The highest BCUT2D eigenvalue weighted by molar-refractivity contribution is 9.12. The van der Waals surface area contributed by atoms with Gasteiger partial charge < -0.3 is 9.80 Å². The summed E-state index contributed by atoms with van der Waals surface area (Å²) in [5.41, 5.74) is 0. The normalized spacial score (nSPS) is 16.6. The van der Waals surface area contributed by atoms with Crippen LogP contribution >= 0.6 is 15.9 Å². The number of amides is 2. The summed E-state index contributed by atoms with van der Waals surface area (Å²) in [7, 11) is 1.72. The van der Waals surface area contributed by atoms with Crippen molar-refractivity contribution in [1.29, 1.82) is 0 Å². The monoisotopic (exact) mass is 244 g/mol. The van der Waals surface area contributed by atoms with E-state index in [1.54, 1.807) is 11.9 Å². The summed E-state index contributed by atoms with van der Waals surface area (Å²) in [6, 6.07) is 0. The van der Waals surface area contributed by atoms with Crippen LogP contribution in [0.5, 0.6) is 0 Å². The van der Waals surface area contributed by atoms with Gasteiger partial charge in [0.25, 0.3) is 5.91 Å². The molecular formula is C8H9BrN2O2. The number of hydrogen-bond donors (Lipinski definition) is 0. The number of piperazine rings is 1. The molecule has 0 unspecified atom stereocenters. The first kappa shape index (κ1) is 10.1. The number of carbonyl (C=O) groups excluding carboxylic acids is 2. The van der Waals surface area contributed by atoms with Crippen LogP contribution in [0.15, 0.2) is 0 Å². The van der Waals surface area contributed by atoms with Crippen molar-refractivity contribution < 1.29 is 9.59 Å². The molecule has 0 bridgehead atoms. The van der Waals surface area contributed by atoms with Gasteiger partial charge in [-0.1, -0.05) is 0 Å². The zero-order chi connectivity index (χ0) is 9.84. The molecule has 0 radical (unpaired) electrons. The van der Waals surface area contributed by atoms with Crippen LogP contribution in [-0.2, 0) is 9.59 Å². The molecule has 0 aromatic heterocycles. The number of nitrogens with zero attached hydrogens (tertiary/aromatic N) is 2. The summed E-state index contributed by atoms with van der Waals surface area (Å²) in [6.45, 7) is 1.27. The number of rotatable bonds is 0. The van der Waals surface area contributed by atoms with Crippen LogP contribution in [0.4, 0.5) is 0 Å². The average molecular weight is 245 g/mol. The molecule has 70 valence electrons. The zero-order valence-electron chi connectivity index (χ0n) is 7.21. The topological polar surface area (TPSA) is 40.6 Å². The van der Waals surface area contributed by atoms with Crippen molar-refractivity contribution >= 4 is 27.7 Å². The first-order chi connectivity index (χ1) is 6.15. The minimum absolute atomic E-state index is 0.0454. The Balaban J connectivity index is 2.58. The summed E-state index contributed by atoms with van der Waals surface area (Å²) >= 11 is 2.84. The molecule has 0 aliphatic carbocycles. The molecule has 2 amide bonds. The molecule has 5 heteroatoms. The van der Waals surface area contributed by atoms with Crippen molar-refractivity contribution in [2.45, 2.75) is 0 Å². The Bertz CT molecular complexity index is 292. The lowest BCUT2D eigenvalue weighted by atomic mass is 10.3. The van der Waals surface area contributed by atoms with Crippen LogP contribution in [0.25, 0.3) is 0 Å². The highest BCUT2D eigenvalue weighted by Gasteiger charge is 2.23. The zero-order valence-corrected chi connectivity index (χ0v) is 8.80. The average Bonchev–Trinajstić information content (AvgIpc) is 2.10. The van der Waals surface area contributed by atoms with Crippen molar-refractivity contribution in [1.82, 2.24) is 9.80 Å². The Morgan fingerprint density at radius 3 is 2.77 bits per heavy atom. The third-order valence-electron chi connectivity index (χ3n) is 1.90. The molecule has 0 N–H and O–H groups in total. The first-order valence-electron chi connectivity index (χ1n) is 3.79. The predicted molar refractivity (Wildman–Crippen MR) is 50.9 cm³/mol. The van der Waals surface area contributed by atoms with Crippen LogP contribution in [0.2, 0.25) is 0 Å². The second-order valence-electron chi connectivity index (χ2n) is 2.76. The van der Waals surface area contributed by atoms with Gasteiger partial charge in [0.15, 0.2) is 0 Å². The highest BCUT2D eigenvalue weighted by atomic mass is 79.9. The molecule has 0 aromatic carbocycles. The molecule has 0 atom stereocenters. The third kappa shape index (κ3) is 2.46. The van der Waals surface area contributed by atoms with Gasteiger partial charge in [0, 0.05) is 42.0 Å². The van der Waals surface area contributed by atoms with E-state index in [9.17, 15) is 9.59 Å². The lowest BCUT2D eigenvalue weighted by Gasteiger charge is -2.30. The summed E-state index contributed by atoms with van der Waals surface area (Å²) in [5.74, 6) is 1.98. The van der Waals surface area contributed by atoms with E-state index in [0.29, 0.717) is 13.1 Å². The summed E-state index contributed by atoms with van der Waals surface area (Å²) < 4.78 is 0. The van der Waals surface area contributed by atoms with E-state index in [-0.39, 0.29) is 18.4 Å². The van der Waals surface area contributed by atoms with Gasteiger partial charge in [0.1, 0.15) is 6.54 Å². The summed E-state index contributed by atoms with van der Waals surface area (Å²) in [5, 5.41) is 0. The van der Waals surface area contributed by atoms with Gasteiger partial charge in [0.2, 0.25) is 5.91 Å². The van der Waals surface area contributed by atoms with Gasteiger partial charge in [-0.15, -0.1) is 0 Å². The van der Waals surface area contributed by atoms with Gasteiger partial charge in [-0.05, 0) is 4.83 Å². The second-order valence-corrected chi connectivity index (χ2v) is 3.16. The minimum atomic E-state index is -0.307. The number of carbonyl (C=O) groups is 2. The van der Waals surface area contributed by atoms with E-state index in [2.05, 4.69) is 26.7 Å². The maximum absolute atomic E-state index is 11.2. The van der Waals surface area contributed by atoms with Crippen molar-refractivity contribution in [2.24, 2.45) is 0 Å². The Hall–Kier alpha value is -1.02. The third-order valence-corrected chi connectivity index (χ3v) is 2.10. The van der Waals surface area contributed by atoms with Gasteiger partial charge in [-0.25, -0.2) is 0 Å². The number of halogens is 1. The van der Waals surface area contributed by atoms with Crippen LogP contribution in [-0.4, -0.2) is 48.3 Å². The highest BCUT2D eigenvalue weighted by Crippen LogP contribution is 2.00. The molecule has 1 fully saturated rings. The van der Waals surface area contributed by atoms with E-state index in [1.165, 1.54) is 4.90 Å². The Morgan fingerprint density at radius 2 is 2.23 bits per heavy atom. The summed E-state index contributed by atoms with van der Waals surface area (Å²) in [6.07, 6.45) is 0. The van der Waals surface area contributed by atoms with Crippen LogP contribution in [0.3, 0.4) is 0 Å². The standard InChI is InChI=1S/C8H9BrN2O2/c1-10-4-5-11(6-8(10)13)7(12)2-3-9/h4-6H2,1H3. The van der Waals surface area contributed by atoms with Gasteiger partial charge in [-0.3, -0.25) is 9.59 Å². The van der Waals surface area contributed by atoms with Gasteiger partial charge in [-0.2, -0.15) is 0 Å². The molecule has 0 saturated carbocycles. The van der Waals surface area contributed by atoms with Crippen molar-refractivity contribution in [3.05, 3.63) is 0 Å². The smallest absolute Gasteiger partial charge is 0.299 e. The summed E-state index contributed by atoms with van der Waals surface area (Å²) in [4.78, 5) is 27.8. The van der Waals surface area contributed by atoms with E-state index >= 15 is 0 Å². The molecule has 13 heavy (non-hydrogen) atoms. The van der Waals surface area contributed by atoms with E-state index in [4.69, 9.17) is 0 Å². The quantitative estimate of drug-likeness (QED) is 0.547. The Kier molecular flexibility index (Phi) is 3.32. The lowest BCUT2D eigenvalue weighted by molar-refractivity contribution is -0.141. The Morgan fingerprint density at radius 1 is 1.54 bits per heavy atom. The fourth-order valence-corrected chi connectivity index (χ4v) is 1.22. The fraction of sp³-hybridized carbons (Fsp3) is 0.500. The number of likely N-dealkylation sites (N-methyl/N-ethyl adjacent to an activating group) is 1. The minimum Gasteiger partial charge on any atom is -0.342 e. The van der Waals surface area contributed by atoms with E-state index in [1.807, 2.05) is 0 Å². The molecule has 1 rings (SSSR count). The van der Waals surface area contributed by atoms with Crippen LogP contribution in [0.1, 0.15) is 0 Å². The predicted octanol–water partition coefficient (Wildman–Crippen LogP) is -0.357. The molecular weight excluding hydrogens is 236 g/mol. The lowest BCUT2D eigenvalue weighted by Crippen LogP contribution is -2.50. The molecule has 1 heterocycles. The molecule has 0 spiro atoms. The molecule has 0 aromatic rings. The van der Waals surface area contributed by atoms with Gasteiger partial charge in [0.05, 0.1) is 0 Å². The molecule has 1 saturated heterocycles. The second kappa shape index (κ2) is 4.28. The van der Waals surface area contributed by atoms with Crippen molar-refractivity contribution in [2.75, 3.05) is 26.7 Å². The van der Waals surface area contributed by atoms with Crippen molar-refractivity contribution in [3.8, 4) is 10.8 Å². The van der Waals surface area contributed by atoms with Crippen molar-refractivity contribution in [3.63, 3.8) is 0 Å². The van der Waals surface area contributed by atoms with Crippen LogP contribution < -0.4 is 0 Å². The van der Waals surface area contributed by atoms with Gasteiger partial charge >= 0.3 is 0 Å². The van der Waals surface area contributed by atoms with E-state index in [0.717, 1.165) is 0 Å². The maximum Gasteiger partial charge on any atom is 0.299 e. The maximum atomic E-state index is 11.2. The SMILES string of the molecule is CN1CCN(C(=O)C#CBr)CC1=O. The molecule has 1 aliphatic heterocycles. The molecule has 4 nitrogen and oxygen atoms in total. The first-order valence-corrected chi connectivity index (χ1v) is 4.59.